The third-order valence-corrected chi connectivity index (χ3v) is 6.21. The van der Waals surface area contributed by atoms with E-state index in [-0.39, 0.29) is 5.92 Å². The number of unbranched alkanes of at least 4 members (excludes halogenated alkanes) is 1. The molecule has 0 aromatic carbocycles. The van der Waals surface area contributed by atoms with Crippen molar-refractivity contribution in [2.75, 3.05) is 0 Å². The van der Waals surface area contributed by atoms with E-state index < -0.39 is 0 Å². The molecule has 3 atom stereocenters. The molecule has 1 rings (SSSR count). The maximum absolute atomic E-state index is 12.7. The molecular weight excluding hydrogens is 308 g/mol. The van der Waals surface area contributed by atoms with Crippen molar-refractivity contribution in [2.45, 2.75) is 123 Å². The van der Waals surface area contributed by atoms with Crippen LogP contribution in [-0.4, -0.2) is 18.0 Å². The van der Waals surface area contributed by atoms with E-state index in [1.807, 2.05) is 0 Å². The second-order valence-corrected chi connectivity index (χ2v) is 8.32. The number of carbonyl (C=O) groups is 1. The minimum absolute atomic E-state index is 0.197. The van der Waals surface area contributed by atoms with Gasteiger partial charge in [0.05, 0.1) is 0 Å². The highest BCUT2D eigenvalue weighted by atomic mass is 16.1. The Morgan fingerprint density at radius 1 is 0.960 bits per heavy atom. The van der Waals surface area contributed by atoms with E-state index in [0.717, 1.165) is 25.7 Å². The molecule has 1 aliphatic rings. The Balaban J connectivity index is 2.32. The number of hydrogen-bond acceptors (Lipinski definition) is 2. The van der Waals surface area contributed by atoms with Gasteiger partial charge < -0.3 is 11.1 Å². The van der Waals surface area contributed by atoms with Gasteiger partial charge >= 0.3 is 0 Å². The molecule has 0 aromatic heterocycles. The van der Waals surface area contributed by atoms with Crippen molar-refractivity contribution in [3.05, 3.63) is 0 Å². The van der Waals surface area contributed by atoms with Gasteiger partial charge in [-0.25, -0.2) is 0 Å². The van der Waals surface area contributed by atoms with Crippen molar-refractivity contribution in [1.29, 1.82) is 0 Å². The average molecular weight is 353 g/mol. The molecule has 0 aliphatic heterocycles. The molecule has 3 unspecified atom stereocenters. The Hall–Kier alpha value is -0.570. The fourth-order valence-electron chi connectivity index (χ4n) is 4.25. The molecule has 1 amide bonds. The average Bonchev–Trinajstić information content (AvgIpc) is 2.71. The summed E-state index contributed by atoms with van der Waals surface area (Å²) in [6.45, 7) is 6.51. The number of amides is 1. The number of carbonyl (C=O) groups excluding carboxylic acids is 1. The summed E-state index contributed by atoms with van der Waals surface area (Å²) in [4.78, 5) is 12.7. The van der Waals surface area contributed by atoms with Gasteiger partial charge in [-0.15, -0.1) is 0 Å². The molecular formula is C22H44N2O. The van der Waals surface area contributed by atoms with Crippen LogP contribution in [-0.2, 0) is 4.79 Å². The summed E-state index contributed by atoms with van der Waals surface area (Å²) in [7, 11) is 0. The molecule has 0 bridgehead atoms. The molecule has 1 aliphatic carbocycles. The molecule has 0 saturated heterocycles. The van der Waals surface area contributed by atoms with Crippen LogP contribution >= 0.6 is 0 Å². The van der Waals surface area contributed by atoms with E-state index in [0.29, 0.717) is 23.9 Å². The minimum Gasteiger partial charge on any atom is -0.353 e. The standard InChI is InChI=1S/C22H44N2O/c1-4-19(18(3)23)14-12-13-15-20(5-2)22(25)24-21-16-10-8-6-7-9-11-17-21/h18-21H,4-17,23H2,1-3H3,(H,24,25). The first-order valence-corrected chi connectivity index (χ1v) is 11.1. The van der Waals surface area contributed by atoms with E-state index in [1.165, 1.54) is 64.2 Å². The SMILES string of the molecule is CCC(CCCCC(CC)C(C)N)C(=O)NC1CCCCCCCC1. The third kappa shape index (κ3) is 9.63. The van der Waals surface area contributed by atoms with Gasteiger partial charge in [0.15, 0.2) is 0 Å². The van der Waals surface area contributed by atoms with Gasteiger partial charge in [0.2, 0.25) is 5.91 Å². The van der Waals surface area contributed by atoms with Crippen LogP contribution in [0.2, 0.25) is 0 Å². The number of nitrogens with two attached hydrogens (primary N) is 1. The van der Waals surface area contributed by atoms with Crippen molar-refractivity contribution >= 4 is 5.91 Å². The summed E-state index contributed by atoms with van der Waals surface area (Å²) < 4.78 is 0. The number of rotatable bonds is 10. The summed E-state index contributed by atoms with van der Waals surface area (Å²) in [5, 5.41) is 3.39. The van der Waals surface area contributed by atoms with Gasteiger partial charge in [0.1, 0.15) is 0 Å². The van der Waals surface area contributed by atoms with E-state index in [1.54, 1.807) is 0 Å². The molecule has 3 N–H and O–H groups in total. The molecule has 0 aromatic rings. The largest absolute Gasteiger partial charge is 0.353 e. The summed E-state index contributed by atoms with van der Waals surface area (Å²) >= 11 is 0. The van der Waals surface area contributed by atoms with Crippen molar-refractivity contribution < 1.29 is 4.79 Å². The second kappa shape index (κ2) is 13.6. The van der Waals surface area contributed by atoms with E-state index in [4.69, 9.17) is 5.73 Å². The molecule has 0 spiro atoms. The first kappa shape index (κ1) is 22.5. The monoisotopic (exact) mass is 352 g/mol. The predicted octanol–water partition coefficient (Wildman–Crippen LogP) is 5.57. The lowest BCUT2D eigenvalue weighted by molar-refractivity contribution is -0.126. The third-order valence-electron chi connectivity index (χ3n) is 6.21. The minimum atomic E-state index is 0.197. The van der Waals surface area contributed by atoms with Gasteiger partial charge in [-0.1, -0.05) is 71.6 Å². The van der Waals surface area contributed by atoms with Crippen LogP contribution in [0.25, 0.3) is 0 Å². The van der Waals surface area contributed by atoms with E-state index >= 15 is 0 Å². The Morgan fingerprint density at radius 3 is 2.04 bits per heavy atom. The van der Waals surface area contributed by atoms with Gasteiger partial charge in [0, 0.05) is 18.0 Å². The van der Waals surface area contributed by atoms with Gasteiger partial charge in [-0.2, -0.15) is 0 Å². The van der Waals surface area contributed by atoms with Gasteiger partial charge in [-0.3, -0.25) is 4.79 Å². The van der Waals surface area contributed by atoms with Crippen LogP contribution in [0.5, 0.6) is 0 Å². The Labute approximate surface area is 156 Å². The topological polar surface area (TPSA) is 55.1 Å². The smallest absolute Gasteiger partial charge is 0.223 e. The molecule has 0 heterocycles. The summed E-state index contributed by atoms with van der Waals surface area (Å²) in [6.07, 6.45) is 17.0. The van der Waals surface area contributed by atoms with Crippen LogP contribution < -0.4 is 11.1 Å². The fourth-order valence-corrected chi connectivity index (χ4v) is 4.25. The highest BCUT2D eigenvalue weighted by Gasteiger charge is 2.20. The highest BCUT2D eigenvalue weighted by Crippen LogP contribution is 2.21. The molecule has 3 heteroatoms. The maximum atomic E-state index is 12.7. The zero-order valence-corrected chi connectivity index (χ0v) is 17.2. The quantitative estimate of drug-likeness (QED) is 0.505. The maximum Gasteiger partial charge on any atom is 0.223 e. The zero-order valence-electron chi connectivity index (χ0n) is 17.2. The highest BCUT2D eigenvalue weighted by molar-refractivity contribution is 5.78. The lowest BCUT2D eigenvalue weighted by atomic mass is 9.90. The number of hydrogen-bond donors (Lipinski definition) is 2. The second-order valence-electron chi connectivity index (χ2n) is 8.32. The summed E-state index contributed by atoms with van der Waals surface area (Å²) in [5.41, 5.74) is 6.04. The van der Waals surface area contributed by atoms with Crippen LogP contribution in [0.15, 0.2) is 0 Å². The molecule has 3 nitrogen and oxygen atoms in total. The van der Waals surface area contributed by atoms with Gasteiger partial charge in [-0.05, 0) is 44.9 Å². The van der Waals surface area contributed by atoms with Crippen molar-refractivity contribution in [3.63, 3.8) is 0 Å². The van der Waals surface area contributed by atoms with E-state index in [9.17, 15) is 4.79 Å². The Bertz CT molecular complexity index is 333. The molecule has 148 valence electrons. The summed E-state index contributed by atoms with van der Waals surface area (Å²) in [5.74, 6) is 1.14. The van der Waals surface area contributed by atoms with Crippen LogP contribution in [0.3, 0.4) is 0 Å². The molecule has 1 fully saturated rings. The lowest BCUT2D eigenvalue weighted by Crippen LogP contribution is -2.38. The molecule has 1 saturated carbocycles. The fraction of sp³-hybridized carbons (Fsp3) is 0.955. The van der Waals surface area contributed by atoms with Crippen LogP contribution in [0.1, 0.15) is 111 Å². The summed E-state index contributed by atoms with van der Waals surface area (Å²) in [6, 6.07) is 0.709. The Morgan fingerprint density at radius 2 is 1.52 bits per heavy atom. The van der Waals surface area contributed by atoms with Crippen LogP contribution in [0.4, 0.5) is 0 Å². The number of nitrogens with one attached hydrogen (secondary N) is 1. The van der Waals surface area contributed by atoms with Crippen LogP contribution in [0, 0.1) is 11.8 Å². The predicted molar refractivity (Wildman–Crippen MR) is 109 cm³/mol. The molecule has 25 heavy (non-hydrogen) atoms. The zero-order chi connectivity index (χ0) is 18.5. The van der Waals surface area contributed by atoms with Gasteiger partial charge in [0.25, 0.3) is 0 Å². The first-order chi connectivity index (χ1) is 12.1. The van der Waals surface area contributed by atoms with Crippen molar-refractivity contribution in [2.24, 2.45) is 17.6 Å². The molecule has 0 radical (unpaired) electrons. The Kier molecular flexibility index (Phi) is 12.2. The lowest BCUT2D eigenvalue weighted by Gasteiger charge is -2.22. The van der Waals surface area contributed by atoms with Crippen molar-refractivity contribution in [1.82, 2.24) is 5.32 Å². The first-order valence-electron chi connectivity index (χ1n) is 11.1. The normalized spacial score (nSPS) is 20.8. The van der Waals surface area contributed by atoms with Crippen molar-refractivity contribution in [3.8, 4) is 0 Å². The van der Waals surface area contributed by atoms with E-state index in [2.05, 4.69) is 26.1 Å².